The molecule has 1 aromatic rings. The van der Waals surface area contributed by atoms with Gasteiger partial charge in [0.2, 0.25) is 0 Å². The fourth-order valence-corrected chi connectivity index (χ4v) is 2.45. The molecule has 0 aliphatic carbocycles. The number of carbonyl (C=O) groups excluding carboxylic acids is 1. The molecule has 108 valence electrons. The Hall–Kier alpha value is -1.88. The van der Waals surface area contributed by atoms with E-state index in [1.165, 1.54) is 7.11 Å². The quantitative estimate of drug-likeness (QED) is 0.918. The van der Waals surface area contributed by atoms with Crippen LogP contribution in [0.25, 0.3) is 0 Å². The number of hydrogen-bond acceptors (Lipinski definition) is 3. The van der Waals surface area contributed by atoms with Crippen LogP contribution in [0.2, 0.25) is 0 Å². The minimum absolute atomic E-state index is 0.150. The summed E-state index contributed by atoms with van der Waals surface area (Å²) >= 11 is 0. The number of nitrogens with zero attached hydrogens (tertiary/aromatic N) is 1. The van der Waals surface area contributed by atoms with Gasteiger partial charge in [-0.3, -0.25) is 4.79 Å². The Morgan fingerprint density at radius 3 is 2.65 bits per heavy atom. The van der Waals surface area contributed by atoms with Crippen LogP contribution in [0.4, 0.5) is 5.69 Å². The first-order chi connectivity index (χ1) is 9.38. The topological polar surface area (TPSA) is 66.8 Å². The summed E-state index contributed by atoms with van der Waals surface area (Å²) in [5, 5.41) is 9.24. The highest BCUT2D eigenvalue weighted by atomic mass is 16.5. The molecule has 1 N–H and O–H groups in total. The molecular formula is C15H19NO4. The monoisotopic (exact) mass is 277 g/mol. The Labute approximate surface area is 118 Å². The van der Waals surface area contributed by atoms with Crippen molar-refractivity contribution in [2.75, 3.05) is 18.6 Å². The molecule has 5 heteroatoms. The van der Waals surface area contributed by atoms with Gasteiger partial charge in [-0.25, -0.2) is 4.79 Å². The van der Waals surface area contributed by atoms with Gasteiger partial charge in [0.15, 0.2) is 0 Å². The van der Waals surface area contributed by atoms with Crippen LogP contribution in [0.5, 0.6) is 0 Å². The van der Waals surface area contributed by atoms with Crippen LogP contribution < -0.4 is 4.90 Å². The summed E-state index contributed by atoms with van der Waals surface area (Å²) in [5.74, 6) is -1.11. The van der Waals surface area contributed by atoms with Crippen molar-refractivity contribution in [3.8, 4) is 0 Å². The van der Waals surface area contributed by atoms with Crippen molar-refractivity contribution in [1.82, 2.24) is 0 Å². The minimum atomic E-state index is -0.956. The summed E-state index contributed by atoms with van der Waals surface area (Å²) < 4.78 is 5.24. The molecule has 0 bridgehead atoms. The van der Waals surface area contributed by atoms with E-state index >= 15 is 0 Å². The predicted octanol–water partition coefficient (Wildman–Crippen LogP) is 2.09. The summed E-state index contributed by atoms with van der Waals surface area (Å²) in [5.41, 5.74) is 0.765. The third-order valence-corrected chi connectivity index (χ3v) is 3.75. The van der Waals surface area contributed by atoms with E-state index in [0.717, 1.165) is 12.0 Å². The molecule has 1 aliphatic heterocycles. The highest BCUT2D eigenvalue weighted by Gasteiger charge is 2.35. The number of methoxy groups -OCH3 is 1. The van der Waals surface area contributed by atoms with Gasteiger partial charge in [0, 0.05) is 19.3 Å². The normalized spacial score (nSPS) is 14.8. The lowest BCUT2D eigenvalue weighted by Crippen LogP contribution is -2.48. The Balaban J connectivity index is 2.46. The minimum Gasteiger partial charge on any atom is -0.478 e. The molecule has 1 aliphatic rings. The third-order valence-electron chi connectivity index (χ3n) is 3.75. The molecule has 1 aromatic carbocycles. The van der Waals surface area contributed by atoms with Gasteiger partial charge in [0.1, 0.15) is 5.60 Å². The zero-order valence-corrected chi connectivity index (χ0v) is 12.0. The van der Waals surface area contributed by atoms with Gasteiger partial charge in [-0.2, -0.15) is 0 Å². The zero-order valence-electron chi connectivity index (χ0n) is 12.0. The number of carboxylic acids is 1. The Bertz CT molecular complexity index is 551. The van der Waals surface area contributed by atoms with Gasteiger partial charge in [0.05, 0.1) is 5.56 Å². The maximum atomic E-state index is 12.5. The van der Waals surface area contributed by atoms with Crippen LogP contribution in [0, 0.1) is 0 Å². The second-order valence-electron chi connectivity index (χ2n) is 5.38. The van der Waals surface area contributed by atoms with E-state index < -0.39 is 11.6 Å². The fraction of sp³-hybridized carbons (Fsp3) is 0.467. The van der Waals surface area contributed by atoms with Gasteiger partial charge in [-0.15, -0.1) is 0 Å². The number of carbonyl (C=O) groups is 2. The second-order valence-corrected chi connectivity index (χ2v) is 5.38. The van der Waals surface area contributed by atoms with Crippen molar-refractivity contribution in [2.24, 2.45) is 0 Å². The number of rotatable bonds is 3. The van der Waals surface area contributed by atoms with Gasteiger partial charge in [-0.1, -0.05) is 6.07 Å². The SMILES string of the molecule is COC(C)(C)C(=O)N1CCCc2c(C(=O)O)cccc21. The van der Waals surface area contributed by atoms with Crippen LogP contribution in [-0.2, 0) is 16.0 Å². The molecule has 0 aromatic heterocycles. The number of benzene rings is 1. The Morgan fingerprint density at radius 2 is 2.05 bits per heavy atom. The first kappa shape index (κ1) is 14.5. The number of amides is 1. The largest absolute Gasteiger partial charge is 0.478 e. The van der Waals surface area contributed by atoms with E-state index in [1.54, 1.807) is 36.9 Å². The molecule has 0 fully saturated rings. The van der Waals surface area contributed by atoms with Crippen LogP contribution in [0.15, 0.2) is 18.2 Å². The van der Waals surface area contributed by atoms with Crippen molar-refractivity contribution < 1.29 is 19.4 Å². The van der Waals surface area contributed by atoms with Gasteiger partial charge >= 0.3 is 5.97 Å². The zero-order chi connectivity index (χ0) is 14.9. The first-order valence-electron chi connectivity index (χ1n) is 6.61. The van der Waals surface area contributed by atoms with Gasteiger partial charge in [0.25, 0.3) is 5.91 Å². The van der Waals surface area contributed by atoms with E-state index in [9.17, 15) is 14.7 Å². The molecular weight excluding hydrogens is 258 g/mol. The number of aromatic carboxylic acids is 1. The molecule has 0 saturated carbocycles. The smallest absolute Gasteiger partial charge is 0.336 e. The second kappa shape index (κ2) is 5.25. The number of hydrogen-bond donors (Lipinski definition) is 1. The molecule has 0 saturated heterocycles. The molecule has 0 atom stereocenters. The lowest BCUT2D eigenvalue weighted by atomic mass is 9.94. The summed E-state index contributed by atoms with van der Waals surface area (Å²) in [6.07, 6.45) is 1.43. The average Bonchev–Trinajstić information content (AvgIpc) is 2.45. The standard InChI is InChI=1S/C15H19NO4/c1-15(2,20-3)14(19)16-9-5-7-10-11(13(17)18)6-4-8-12(10)16/h4,6,8H,5,7,9H2,1-3H3,(H,17,18). The van der Waals surface area contributed by atoms with Crippen molar-refractivity contribution >= 4 is 17.6 Å². The Kier molecular flexibility index (Phi) is 3.81. The summed E-state index contributed by atoms with van der Waals surface area (Å²) in [6, 6.07) is 5.05. The molecule has 1 amide bonds. The summed E-state index contributed by atoms with van der Waals surface area (Å²) in [4.78, 5) is 25.5. The maximum Gasteiger partial charge on any atom is 0.336 e. The lowest BCUT2D eigenvalue weighted by molar-refractivity contribution is -0.136. The number of ether oxygens (including phenoxy) is 1. The van der Waals surface area contributed by atoms with Crippen LogP contribution >= 0.6 is 0 Å². The molecule has 1 heterocycles. The van der Waals surface area contributed by atoms with Crippen molar-refractivity contribution in [1.29, 1.82) is 0 Å². The molecule has 5 nitrogen and oxygen atoms in total. The van der Waals surface area contributed by atoms with Crippen molar-refractivity contribution in [3.63, 3.8) is 0 Å². The molecule has 0 unspecified atom stereocenters. The van der Waals surface area contributed by atoms with Gasteiger partial charge < -0.3 is 14.7 Å². The third kappa shape index (κ3) is 2.41. The fourth-order valence-electron chi connectivity index (χ4n) is 2.45. The van der Waals surface area contributed by atoms with E-state index in [4.69, 9.17) is 4.74 Å². The molecule has 2 rings (SSSR count). The molecule has 0 spiro atoms. The summed E-state index contributed by atoms with van der Waals surface area (Å²) in [7, 11) is 1.50. The summed E-state index contributed by atoms with van der Waals surface area (Å²) in [6.45, 7) is 4.01. The molecule has 20 heavy (non-hydrogen) atoms. The number of fused-ring (bicyclic) bond motifs is 1. The van der Waals surface area contributed by atoms with Crippen LogP contribution in [0.1, 0.15) is 36.2 Å². The van der Waals surface area contributed by atoms with Crippen LogP contribution in [-0.4, -0.2) is 36.2 Å². The van der Waals surface area contributed by atoms with Crippen LogP contribution in [0.3, 0.4) is 0 Å². The first-order valence-corrected chi connectivity index (χ1v) is 6.61. The van der Waals surface area contributed by atoms with Crippen molar-refractivity contribution in [2.45, 2.75) is 32.3 Å². The Morgan fingerprint density at radius 1 is 1.35 bits per heavy atom. The van der Waals surface area contributed by atoms with E-state index in [0.29, 0.717) is 18.7 Å². The maximum absolute atomic E-state index is 12.5. The molecule has 0 radical (unpaired) electrons. The predicted molar refractivity (Wildman–Crippen MR) is 75.2 cm³/mol. The van der Waals surface area contributed by atoms with E-state index in [-0.39, 0.29) is 11.5 Å². The number of carboxylic acid groups (broad SMARTS) is 1. The van der Waals surface area contributed by atoms with E-state index in [1.807, 2.05) is 0 Å². The van der Waals surface area contributed by atoms with Gasteiger partial charge in [-0.05, 0) is 44.4 Å². The van der Waals surface area contributed by atoms with E-state index in [2.05, 4.69) is 0 Å². The lowest BCUT2D eigenvalue weighted by Gasteiger charge is -2.35. The number of anilines is 1. The average molecular weight is 277 g/mol. The van der Waals surface area contributed by atoms with Crippen molar-refractivity contribution in [3.05, 3.63) is 29.3 Å². The highest BCUT2D eigenvalue weighted by Crippen LogP contribution is 2.32. The highest BCUT2D eigenvalue weighted by molar-refractivity contribution is 6.01.